The summed E-state index contributed by atoms with van der Waals surface area (Å²) in [5.41, 5.74) is 2.49. The van der Waals surface area contributed by atoms with E-state index in [4.69, 9.17) is 0 Å². The Balaban J connectivity index is 1.69. The number of benzene rings is 2. The zero-order valence-electron chi connectivity index (χ0n) is 18.5. The fourth-order valence-electron chi connectivity index (χ4n) is 3.35. The highest BCUT2D eigenvalue weighted by atomic mass is 16.3. The minimum absolute atomic E-state index is 0.108. The number of carbonyl (C=O) groups excluding carboxylic acids is 2. The van der Waals surface area contributed by atoms with E-state index in [0.29, 0.717) is 29.9 Å². The highest BCUT2D eigenvalue weighted by molar-refractivity contribution is 5.94. The highest BCUT2D eigenvalue weighted by Crippen LogP contribution is 2.13. The molecule has 3 aromatic rings. The quantitative estimate of drug-likeness (QED) is 0.455. The fourth-order valence-corrected chi connectivity index (χ4v) is 3.35. The summed E-state index contributed by atoms with van der Waals surface area (Å²) in [7, 11) is 0. The molecule has 1 heterocycles. The molecule has 7 nitrogen and oxygen atoms in total. The second-order valence-corrected chi connectivity index (χ2v) is 8.32. The van der Waals surface area contributed by atoms with Crippen molar-refractivity contribution in [1.29, 1.82) is 0 Å². The lowest BCUT2D eigenvalue weighted by atomic mass is 9.97. The first-order valence-electron chi connectivity index (χ1n) is 10.9. The van der Waals surface area contributed by atoms with Crippen molar-refractivity contribution in [2.24, 2.45) is 5.92 Å². The smallest absolute Gasteiger partial charge is 0.271 e. The molecule has 0 saturated heterocycles. The van der Waals surface area contributed by atoms with E-state index >= 15 is 0 Å². The summed E-state index contributed by atoms with van der Waals surface area (Å²) in [5, 5.41) is 16.6. The predicted molar refractivity (Wildman–Crippen MR) is 124 cm³/mol. The molecule has 0 unspecified atom stereocenters. The molecule has 2 atom stereocenters. The first-order chi connectivity index (χ1) is 15.4. The molecule has 3 N–H and O–H groups in total. The Hall–Kier alpha value is -3.32. The molecule has 0 fully saturated rings. The van der Waals surface area contributed by atoms with Crippen LogP contribution in [-0.4, -0.2) is 45.6 Å². The van der Waals surface area contributed by atoms with Gasteiger partial charge in [-0.25, -0.2) is 4.98 Å². The van der Waals surface area contributed by atoms with E-state index in [0.717, 1.165) is 5.56 Å². The number of carbonyl (C=O) groups is 2. The number of aromatic nitrogens is 2. The Morgan fingerprint density at radius 2 is 1.69 bits per heavy atom. The van der Waals surface area contributed by atoms with Crippen molar-refractivity contribution >= 4 is 22.8 Å². The van der Waals surface area contributed by atoms with Gasteiger partial charge in [0.1, 0.15) is 5.69 Å². The van der Waals surface area contributed by atoms with Crippen LogP contribution in [0.5, 0.6) is 0 Å². The van der Waals surface area contributed by atoms with Crippen LogP contribution in [0.3, 0.4) is 0 Å². The minimum atomic E-state index is -0.891. The Kier molecular flexibility index (Phi) is 8.27. The van der Waals surface area contributed by atoms with Gasteiger partial charge in [0.2, 0.25) is 5.91 Å². The Morgan fingerprint density at radius 3 is 2.41 bits per heavy atom. The Bertz CT molecular complexity index is 1040. The second-order valence-electron chi connectivity index (χ2n) is 8.32. The number of para-hydroxylation sites is 2. The first-order valence-corrected chi connectivity index (χ1v) is 10.9. The van der Waals surface area contributed by atoms with E-state index in [2.05, 4.69) is 20.6 Å². The maximum absolute atomic E-state index is 12.9. The van der Waals surface area contributed by atoms with Crippen LogP contribution in [0.1, 0.15) is 42.7 Å². The summed E-state index contributed by atoms with van der Waals surface area (Å²) < 4.78 is 0. The molecule has 168 valence electrons. The molecule has 0 aliphatic rings. The van der Waals surface area contributed by atoms with Crippen LogP contribution >= 0.6 is 0 Å². The average Bonchev–Trinajstić information content (AvgIpc) is 2.81. The largest absolute Gasteiger partial charge is 0.391 e. The highest BCUT2D eigenvalue weighted by Gasteiger charge is 2.24. The topological polar surface area (TPSA) is 104 Å². The summed E-state index contributed by atoms with van der Waals surface area (Å²) in [5.74, 6) is -0.160. The number of nitrogens with zero attached hydrogens (tertiary/aromatic N) is 2. The van der Waals surface area contributed by atoms with Gasteiger partial charge in [-0.2, -0.15) is 0 Å². The molecular formula is C25H30N4O3. The number of rotatable bonds is 10. The molecule has 0 spiro atoms. The zero-order valence-corrected chi connectivity index (χ0v) is 18.5. The molecule has 0 aliphatic carbocycles. The van der Waals surface area contributed by atoms with Crippen LogP contribution in [0.25, 0.3) is 11.0 Å². The number of hydrogen-bond donors (Lipinski definition) is 3. The zero-order chi connectivity index (χ0) is 22.9. The molecule has 3 rings (SSSR count). The lowest BCUT2D eigenvalue weighted by Gasteiger charge is -2.24. The van der Waals surface area contributed by atoms with Crippen LogP contribution in [0.4, 0.5) is 0 Å². The van der Waals surface area contributed by atoms with Crippen LogP contribution < -0.4 is 10.6 Å². The van der Waals surface area contributed by atoms with Gasteiger partial charge < -0.3 is 15.7 Å². The van der Waals surface area contributed by atoms with Gasteiger partial charge in [0, 0.05) is 13.0 Å². The van der Waals surface area contributed by atoms with E-state index in [1.54, 1.807) is 6.07 Å². The summed E-state index contributed by atoms with van der Waals surface area (Å²) in [6, 6.07) is 16.4. The number of amides is 2. The van der Waals surface area contributed by atoms with Crippen LogP contribution in [-0.2, 0) is 11.2 Å². The van der Waals surface area contributed by atoms with Crippen molar-refractivity contribution in [2.75, 3.05) is 6.54 Å². The number of hydrogen-bond acceptors (Lipinski definition) is 5. The van der Waals surface area contributed by atoms with Crippen LogP contribution in [0.15, 0.2) is 60.8 Å². The van der Waals surface area contributed by atoms with Crippen LogP contribution in [0.2, 0.25) is 0 Å². The summed E-state index contributed by atoms with van der Waals surface area (Å²) in [6.45, 7) is 4.65. The summed E-state index contributed by atoms with van der Waals surface area (Å²) in [6.07, 6.45) is 1.40. The molecule has 1 aromatic heterocycles. The molecule has 0 bridgehead atoms. The monoisotopic (exact) mass is 434 g/mol. The summed E-state index contributed by atoms with van der Waals surface area (Å²) in [4.78, 5) is 33.7. The first kappa shape index (κ1) is 23.3. The second kappa shape index (κ2) is 11.3. The lowest BCUT2D eigenvalue weighted by Crippen LogP contribution is -2.45. The van der Waals surface area contributed by atoms with Crippen molar-refractivity contribution in [3.05, 3.63) is 72.1 Å². The molecular weight excluding hydrogens is 404 g/mol. The van der Waals surface area contributed by atoms with Crippen molar-refractivity contribution < 1.29 is 14.7 Å². The van der Waals surface area contributed by atoms with Crippen molar-refractivity contribution in [1.82, 2.24) is 20.6 Å². The van der Waals surface area contributed by atoms with Crippen molar-refractivity contribution in [3.8, 4) is 0 Å². The maximum Gasteiger partial charge on any atom is 0.271 e. The molecule has 0 saturated carbocycles. The molecule has 2 aromatic carbocycles. The standard InChI is InChI=1S/C25H30N4O3/c1-17(2)15-27-24(31)13-12-23(30)21(14-18-8-4-3-5-9-18)29-25(32)22-16-26-19-10-6-7-11-20(19)28-22/h3-11,16-17,21,23,30H,12-15H2,1-2H3,(H,27,31)(H,29,32)/t21-,23-/m0/s1. The number of nitrogens with one attached hydrogen (secondary N) is 2. The average molecular weight is 435 g/mol. The summed E-state index contributed by atoms with van der Waals surface area (Å²) >= 11 is 0. The number of aliphatic hydroxyl groups excluding tert-OH is 1. The van der Waals surface area contributed by atoms with Gasteiger partial charge in [0.05, 0.1) is 29.4 Å². The fraction of sp³-hybridized carbons (Fsp3) is 0.360. The van der Waals surface area contributed by atoms with E-state index in [-0.39, 0.29) is 24.4 Å². The number of aliphatic hydroxyl groups is 1. The van der Waals surface area contributed by atoms with E-state index < -0.39 is 18.1 Å². The van der Waals surface area contributed by atoms with Crippen LogP contribution in [0, 0.1) is 5.92 Å². The maximum atomic E-state index is 12.9. The third-order valence-electron chi connectivity index (χ3n) is 5.14. The lowest BCUT2D eigenvalue weighted by molar-refractivity contribution is -0.121. The Labute approximate surface area is 188 Å². The van der Waals surface area contributed by atoms with Gasteiger partial charge in [-0.15, -0.1) is 0 Å². The van der Waals surface area contributed by atoms with Gasteiger partial charge in [0.15, 0.2) is 0 Å². The molecule has 2 amide bonds. The number of fused-ring (bicyclic) bond motifs is 1. The third kappa shape index (κ3) is 6.85. The molecule has 7 heteroatoms. The van der Waals surface area contributed by atoms with Gasteiger partial charge in [-0.1, -0.05) is 56.3 Å². The van der Waals surface area contributed by atoms with Crippen molar-refractivity contribution in [2.45, 2.75) is 45.3 Å². The molecule has 0 aliphatic heterocycles. The Morgan fingerprint density at radius 1 is 1.00 bits per heavy atom. The van der Waals surface area contributed by atoms with Gasteiger partial charge >= 0.3 is 0 Å². The van der Waals surface area contributed by atoms with E-state index in [9.17, 15) is 14.7 Å². The SMILES string of the molecule is CC(C)CNC(=O)CC[C@H](O)[C@H](Cc1ccccc1)NC(=O)c1cnc2ccccc2n1. The normalized spacial score (nSPS) is 13.0. The van der Waals surface area contributed by atoms with E-state index in [1.807, 2.05) is 62.4 Å². The van der Waals surface area contributed by atoms with E-state index in [1.165, 1.54) is 6.20 Å². The van der Waals surface area contributed by atoms with Gasteiger partial charge in [0.25, 0.3) is 5.91 Å². The molecule has 32 heavy (non-hydrogen) atoms. The molecule has 0 radical (unpaired) electrons. The van der Waals surface area contributed by atoms with Gasteiger partial charge in [-0.05, 0) is 36.5 Å². The van der Waals surface area contributed by atoms with Crippen molar-refractivity contribution in [3.63, 3.8) is 0 Å². The predicted octanol–water partition coefficient (Wildman–Crippen LogP) is 2.88. The van der Waals surface area contributed by atoms with Gasteiger partial charge in [-0.3, -0.25) is 14.6 Å². The third-order valence-corrected chi connectivity index (χ3v) is 5.14. The minimum Gasteiger partial charge on any atom is -0.391 e.